The number of ether oxygens (including phenoxy) is 1. The third kappa shape index (κ3) is 5.05. The van der Waals surface area contributed by atoms with Crippen LogP contribution < -0.4 is 4.74 Å². The van der Waals surface area contributed by atoms with Crippen molar-refractivity contribution >= 4 is 35.2 Å². The average molecular weight is 426 g/mol. The van der Waals surface area contributed by atoms with Crippen LogP contribution in [0.4, 0.5) is 0 Å². The lowest BCUT2D eigenvalue weighted by molar-refractivity contribution is 0.0943. The zero-order valence-corrected chi connectivity index (χ0v) is 17.3. The maximum Gasteiger partial charge on any atom is 0.289 e. The van der Waals surface area contributed by atoms with Gasteiger partial charge in [0.2, 0.25) is 0 Å². The van der Waals surface area contributed by atoms with Gasteiger partial charge in [0.1, 0.15) is 24.0 Å². The number of nitriles is 1. The van der Waals surface area contributed by atoms with E-state index in [-0.39, 0.29) is 12.2 Å². The molecule has 1 aromatic heterocycles. The van der Waals surface area contributed by atoms with Gasteiger partial charge in [-0.25, -0.2) is 4.68 Å². The Kier molecular flexibility index (Phi) is 6.38. The van der Waals surface area contributed by atoms with Crippen molar-refractivity contribution in [3.63, 3.8) is 0 Å². The van der Waals surface area contributed by atoms with Gasteiger partial charge in [-0.15, -0.1) is 0 Å². The SMILES string of the molecule is Cc1cc(C)n(C(=O)/C(C#N)=C/c2cc(Cl)ccc2OCc2cccc(Cl)c2)n1. The second kappa shape index (κ2) is 8.95. The maximum atomic E-state index is 12.7. The van der Waals surface area contributed by atoms with E-state index in [1.165, 1.54) is 10.8 Å². The van der Waals surface area contributed by atoms with E-state index < -0.39 is 5.91 Å². The molecule has 0 N–H and O–H groups in total. The summed E-state index contributed by atoms with van der Waals surface area (Å²) in [7, 11) is 0. The van der Waals surface area contributed by atoms with Crippen LogP contribution in [0.2, 0.25) is 10.0 Å². The highest BCUT2D eigenvalue weighted by atomic mass is 35.5. The Hall–Kier alpha value is -3.07. The largest absolute Gasteiger partial charge is 0.488 e. The fourth-order valence-electron chi connectivity index (χ4n) is 2.80. The number of carbonyl (C=O) groups is 1. The molecule has 2 aromatic carbocycles. The van der Waals surface area contributed by atoms with Gasteiger partial charge in [0.15, 0.2) is 0 Å². The first kappa shape index (κ1) is 20.7. The molecule has 0 fully saturated rings. The Labute approximate surface area is 178 Å². The number of aryl methyl sites for hydroxylation is 2. The van der Waals surface area contributed by atoms with Crippen molar-refractivity contribution in [3.8, 4) is 11.8 Å². The van der Waals surface area contributed by atoms with Crippen LogP contribution in [0.5, 0.6) is 5.75 Å². The molecule has 1 heterocycles. The molecule has 0 spiro atoms. The van der Waals surface area contributed by atoms with Crippen molar-refractivity contribution in [3.05, 3.63) is 86.7 Å². The first-order valence-corrected chi connectivity index (χ1v) is 9.49. The van der Waals surface area contributed by atoms with Gasteiger partial charge < -0.3 is 4.74 Å². The fraction of sp³-hybridized carbons (Fsp3) is 0.136. The van der Waals surface area contributed by atoms with Gasteiger partial charge in [0.25, 0.3) is 5.91 Å². The molecule has 7 heteroatoms. The summed E-state index contributed by atoms with van der Waals surface area (Å²) in [6.45, 7) is 3.81. The van der Waals surface area contributed by atoms with E-state index in [1.807, 2.05) is 18.2 Å². The molecule has 0 atom stereocenters. The lowest BCUT2D eigenvalue weighted by Gasteiger charge is -2.11. The molecule has 0 amide bonds. The molecule has 3 rings (SSSR count). The van der Waals surface area contributed by atoms with E-state index in [9.17, 15) is 10.1 Å². The van der Waals surface area contributed by atoms with Crippen molar-refractivity contribution < 1.29 is 9.53 Å². The topological polar surface area (TPSA) is 67.9 Å². The third-order valence-electron chi connectivity index (χ3n) is 4.11. The molecule has 0 unspecified atom stereocenters. The smallest absolute Gasteiger partial charge is 0.289 e. The molecule has 0 radical (unpaired) electrons. The first-order chi connectivity index (χ1) is 13.9. The number of halogens is 2. The van der Waals surface area contributed by atoms with Gasteiger partial charge >= 0.3 is 0 Å². The van der Waals surface area contributed by atoms with Crippen LogP contribution in [-0.4, -0.2) is 15.7 Å². The van der Waals surface area contributed by atoms with Crippen LogP contribution in [0.15, 0.2) is 54.1 Å². The van der Waals surface area contributed by atoms with Gasteiger partial charge in [-0.3, -0.25) is 4.79 Å². The van der Waals surface area contributed by atoms with E-state index in [4.69, 9.17) is 27.9 Å². The monoisotopic (exact) mass is 425 g/mol. The predicted molar refractivity (Wildman–Crippen MR) is 113 cm³/mol. The predicted octanol–water partition coefficient (Wildman–Crippen LogP) is 5.63. The molecule has 0 bridgehead atoms. The Bertz CT molecular complexity index is 1140. The zero-order chi connectivity index (χ0) is 21.0. The fourth-order valence-corrected chi connectivity index (χ4v) is 3.19. The van der Waals surface area contributed by atoms with Crippen LogP contribution in [0.25, 0.3) is 6.08 Å². The number of hydrogen-bond donors (Lipinski definition) is 0. The molecular formula is C22H17Cl2N3O2. The summed E-state index contributed by atoms with van der Waals surface area (Å²) < 4.78 is 7.10. The summed E-state index contributed by atoms with van der Waals surface area (Å²) in [5.41, 5.74) is 2.68. The molecule has 5 nitrogen and oxygen atoms in total. The van der Waals surface area contributed by atoms with E-state index in [0.717, 1.165) is 5.56 Å². The number of aromatic nitrogens is 2. The first-order valence-electron chi connectivity index (χ1n) is 8.74. The summed E-state index contributed by atoms with van der Waals surface area (Å²) in [6.07, 6.45) is 1.46. The molecule has 29 heavy (non-hydrogen) atoms. The second-order valence-corrected chi connectivity index (χ2v) is 7.29. The zero-order valence-electron chi connectivity index (χ0n) is 15.8. The minimum atomic E-state index is -0.515. The van der Waals surface area contributed by atoms with Crippen LogP contribution >= 0.6 is 23.2 Å². The highest BCUT2D eigenvalue weighted by Crippen LogP contribution is 2.27. The molecule has 0 aliphatic rings. The van der Waals surface area contributed by atoms with Crippen molar-refractivity contribution in [2.24, 2.45) is 0 Å². The summed E-state index contributed by atoms with van der Waals surface area (Å²) >= 11 is 12.1. The Morgan fingerprint density at radius 2 is 1.93 bits per heavy atom. The molecule has 0 saturated carbocycles. The van der Waals surface area contributed by atoms with Crippen molar-refractivity contribution in [1.29, 1.82) is 5.26 Å². The average Bonchev–Trinajstić information content (AvgIpc) is 3.03. The number of nitrogens with zero attached hydrogens (tertiary/aromatic N) is 3. The Morgan fingerprint density at radius 1 is 1.17 bits per heavy atom. The maximum absolute atomic E-state index is 12.7. The highest BCUT2D eigenvalue weighted by Gasteiger charge is 2.16. The molecule has 146 valence electrons. The summed E-state index contributed by atoms with van der Waals surface area (Å²) in [6, 6.07) is 16.1. The highest BCUT2D eigenvalue weighted by molar-refractivity contribution is 6.31. The summed E-state index contributed by atoms with van der Waals surface area (Å²) in [5, 5.41) is 14.8. The second-order valence-electron chi connectivity index (χ2n) is 6.41. The molecule has 0 aliphatic heterocycles. The quantitative estimate of drug-likeness (QED) is 0.392. The number of benzene rings is 2. The standard InChI is InChI=1S/C22H17Cl2N3O2/c1-14-8-15(2)27(26-14)22(28)18(12-25)10-17-11-20(24)6-7-21(17)29-13-16-4-3-5-19(23)9-16/h3-11H,13H2,1-2H3/b18-10+. The minimum absolute atomic E-state index is 0.0777. The van der Waals surface area contributed by atoms with Crippen LogP contribution in [0.1, 0.15) is 27.3 Å². The Balaban J connectivity index is 1.92. The number of rotatable bonds is 5. The van der Waals surface area contributed by atoms with Crippen molar-refractivity contribution in [2.75, 3.05) is 0 Å². The Morgan fingerprint density at radius 3 is 2.59 bits per heavy atom. The van der Waals surface area contributed by atoms with E-state index in [0.29, 0.717) is 32.7 Å². The van der Waals surface area contributed by atoms with Crippen LogP contribution in [0, 0.1) is 25.2 Å². The number of carbonyl (C=O) groups excluding carboxylic acids is 1. The van der Waals surface area contributed by atoms with Gasteiger partial charge in [0.05, 0.1) is 5.69 Å². The van der Waals surface area contributed by atoms with Crippen LogP contribution in [-0.2, 0) is 6.61 Å². The normalized spacial score (nSPS) is 11.2. The lowest BCUT2D eigenvalue weighted by atomic mass is 10.1. The van der Waals surface area contributed by atoms with Gasteiger partial charge in [-0.1, -0.05) is 35.3 Å². The molecule has 0 aliphatic carbocycles. The molecule has 3 aromatic rings. The van der Waals surface area contributed by atoms with Crippen LogP contribution in [0.3, 0.4) is 0 Å². The van der Waals surface area contributed by atoms with E-state index in [2.05, 4.69) is 5.10 Å². The number of allylic oxidation sites excluding steroid dienone is 1. The van der Waals surface area contributed by atoms with Gasteiger partial charge in [0, 0.05) is 21.3 Å². The number of hydrogen-bond acceptors (Lipinski definition) is 4. The van der Waals surface area contributed by atoms with E-state index in [1.54, 1.807) is 50.2 Å². The lowest BCUT2D eigenvalue weighted by Crippen LogP contribution is -2.15. The summed E-state index contributed by atoms with van der Waals surface area (Å²) in [4.78, 5) is 12.7. The van der Waals surface area contributed by atoms with E-state index >= 15 is 0 Å². The van der Waals surface area contributed by atoms with Crippen molar-refractivity contribution in [1.82, 2.24) is 9.78 Å². The van der Waals surface area contributed by atoms with Gasteiger partial charge in [-0.05, 0) is 61.9 Å². The molecular weight excluding hydrogens is 409 g/mol. The molecule has 0 saturated heterocycles. The minimum Gasteiger partial charge on any atom is -0.488 e. The van der Waals surface area contributed by atoms with Crippen molar-refractivity contribution in [2.45, 2.75) is 20.5 Å². The summed E-state index contributed by atoms with van der Waals surface area (Å²) in [5.74, 6) is -0.0258. The van der Waals surface area contributed by atoms with Gasteiger partial charge in [-0.2, -0.15) is 10.4 Å². The third-order valence-corrected chi connectivity index (χ3v) is 4.58.